The van der Waals surface area contributed by atoms with Gasteiger partial charge in [-0.15, -0.1) is 0 Å². The Morgan fingerprint density at radius 3 is 2.37 bits per heavy atom. The molecule has 3 N–H and O–H groups in total. The summed E-state index contributed by atoms with van der Waals surface area (Å²) in [7, 11) is 0. The molecule has 38 heavy (non-hydrogen) atoms. The summed E-state index contributed by atoms with van der Waals surface area (Å²) in [5.41, 5.74) is 10.1. The number of carbonyl (C=O) groups excluding carboxylic acids is 1. The number of allylic oxidation sites excluding steroid dienone is 3. The first-order valence-corrected chi connectivity index (χ1v) is 12.3. The summed E-state index contributed by atoms with van der Waals surface area (Å²) in [4.78, 5) is 19.9. The van der Waals surface area contributed by atoms with Crippen LogP contribution in [0.15, 0.2) is 114 Å². The number of para-hydroxylation sites is 1. The molecule has 0 amide bonds. The van der Waals surface area contributed by atoms with Gasteiger partial charge in [0.05, 0.1) is 17.6 Å². The van der Waals surface area contributed by atoms with Gasteiger partial charge in [-0.3, -0.25) is 9.69 Å². The third-order valence-corrected chi connectivity index (χ3v) is 7.02. The average Bonchev–Trinajstić information content (AvgIpc) is 3.48. The molecular formula is C30H24N6O2. The van der Waals surface area contributed by atoms with Crippen molar-refractivity contribution in [2.75, 3.05) is 4.90 Å². The predicted molar refractivity (Wildman–Crippen MR) is 142 cm³/mol. The fourth-order valence-corrected chi connectivity index (χ4v) is 5.35. The topological polar surface area (TPSA) is 121 Å². The number of rotatable bonds is 5. The molecule has 0 saturated carbocycles. The van der Waals surface area contributed by atoms with Crippen molar-refractivity contribution in [3.05, 3.63) is 125 Å². The van der Waals surface area contributed by atoms with E-state index in [0.717, 1.165) is 16.8 Å². The van der Waals surface area contributed by atoms with Crippen molar-refractivity contribution in [3.63, 3.8) is 0 Å². The second-order valence-corrected chi connectivity index (χ2v) is 9.28. The molecule has 2 unspecified atom stereocenters. The van der Waals surface area contributed by atoms with E-state index < -0.39 is 5.92 Å². The molecule has 2 heterocycles. The summed E-state index contributed by atoms with van der Waals surface area (Å²) >= 11 is 0. The molecule has 0 spiro atoms. The van der Waals surface area contributed by atoms with Gasteiger partial charge in [0.25, 0.3) is 0 Å². The molecule has 8 nitrogen and oxygen atoms in total. The number of benzene rings is 3. The molecule has 0 bridgehead atoms. The lowest BCUT2D eigenvalue weighted by Gasteiger charge is -2.40. The highest BCUT2D eigenvalue weighted by Crippen LogP contribution is 2.49. The summed E-state index contributed by atoms with van der Waals surface area (Å²) < 4.78 is 6.06. The van der Waals surface area contributed by atoms with Gasteiger partial charge in [-0.2, -0.15) is 15.3 Å². The number of aromatic nitrogens is 3. The van der Waals surface area contributed by atoms with Crippen LogP contribution >= 0.6 is 0 Å². The Balaban J connectivity index is 1.48. The minimum Gasteiger partial charge on any atom is -0.457 e. The first-order valence-electron chi connectivity index (χ1n) is 12.3. The Morgan fingerprint density at radius 1 is 0.947 bits per heavy atom. The molecular weight excluding hydrogens is 476 g/mol. The number of anilines is 1. The quantitative estimate of drug-likeness (QED) is 0.382. The van der Waals surface area contributed by atoms with Crippen LogP contribution < -0.4 is 15.4 Å². The fraction of sp³-hybridized carbons (Fsp3) is 0.133. The van der Waals surface area contributed by atoms with Crippen molar-refractivity contribution >= 4 is 11.7 Å². The Bertz CT molecular complexity index is 1590. The van der Waals surface area contributed by atoms with Crippen molar-refractivity contribution in [3.8, 4) is 17.6 Å². The summed E-state index contributed by atoms with van der Waals surface area (Å²) in [5, 5.41) is 17.1. The van der Waals surface area contributed by atoms with Crippen LogP contribution in [0, 0.1) is 11.3 Å². The number of nitrogens with two attached hydrogens (primary N) is 1. The lowest BCUT2D eigenvalue weighted by atomic mass is 9.72. The van der Waals surface area contributed by atoms with Gasteiger partial charge < -0.3 is 10.5 Å². The van der Waals surface area contributed by atoms with E-state index in [4.69, 9.17) is 10.5 Å². The van der Waals surface area contributed by atoms with Gasteiger partial charge in [-0.25, -0.2) is 5.10 Å². The zero-order valence-corrected chi connectivity index (χ0v) is 20.4. The summed E-state index contributed by atoms with van der Waals surface area (Å²) in [6.07, 6.45) is 2.27. The SMILES string of the molecule is N#CC1=C(N)N(c2ncn[nH]2)C2=C(C(=O)CC(c3ccccc3)C2)C1c1cccc(Oc2ccccc2)c1. The molecule has 4 aromatic rings. The standard InChI is InChI=1S/C30H24N6O2/c31-17-24-27(20-10-7-13-23(14-20)38-22-11-5-2-6-12-22)28-25(36(29(24)32)30-33-18-34-35-30)15-21(16-26(28)37)19-8-3-1-4-9-19/h1-14,18,21,27H,15-16,32H2,(H,33,34,35). The van der Waals surface area contributed by atoms with E-state index in [1.807, 2.05) is 84.9 Å². The van der Waals surface area contributed by atoms with Crippen molar-refractivity contribution < 1.29 is 9.53 Å². The van der Waals surface area contributed by atoms with Crippen LogP contribution in [0.4, 0.5) is 5.95 Å². The molecule has 6 rings (SSSR count). The highest BCUT2D eigenvalue weighted by atomic mass is 16.5. The van der Waals surface area contributed by atoms with Gasteiger partial charge >= 0.3 is 0 Å². The van der Waals surface area contributed by atoms with Crippen LogP contribution in [0.1, 0.15) is 35.8 Å². The van der Waals surface area contributed by atoms with Crippen molar-refractivity contribution in [1.29, 1.82) is 5.26 Å². The van der Waals surface area contributed by atoms with Gasteiger partial charge in [0, 0.05) is 17.7 Å². The van der Waals surface area contributed by atoms with Crippen molar-refractivity contribution in [1.82, 2.24) is 15.2 Å². The second-order valence-electron chi connectivity index (χ2n) is 9.28. The second kappa shape index (κ2) is 9.71. The maximum Gasteiger partial charge on any atom is 0.231 e. The van der Waals surface area contributed by atoms with Crippen LogP contribution in [0.5, 0.6) is 11.5 Å². The van der Waals surface area contributed by atoms with E-state index in [2.05, 4.69) is 21.3 Å². The van der Waals surface area contributed by atoms with E-state index in [-0.39, 0.29) is 23.1 Å². The monoisotopic (exact) mass is 500 g/mol. The molecule has 2 atom stereocenters. The summed E-state index contributed by atoms with van der Waals surface area (Å²) in [5.74, 6) is 1.21. The first kappa shape index (κ1) is 23.3. The molecule has 1 aliphatic heterocycles. The van der Waals surface area contributed by atoms with Crippen LogP contribution in [0.3, 0.4) is 0 Å². The highest BCUT2D eigenvalue weighted by molar-refractivity contribution is 6.01. The summed E-state index contributed by atoms with van der Waals surface area (Å²) in [6.45, 7) is 0. The Hall–Kier alpha value is -5.16. The highest BCUT2D eigenvalue weighted by Gasteiger charge is 2.43. The Labute approximate surface area is 219 Å². The molecule has 8 heteroatoms. The molecule has 2 aliphatic rings. The number of carbonyl (C=O) groups is 1. The van der Waals surface area contributed by atoms with Gasteiger partial charge in [0.1, 0.15) is 23.6 Å². The van der Waals surface area contributed by atoms with Crippen molar-refractivity contribution in [2.45, 2.75) is 24.7 Å². The van der Waals surface area contributed by atoms with E-state index in [0.29, 0.717) is 35.9 Å². The molecule has 0 saturated heterocycles. The van der Waals surface area contributed by atoms with Crippen LogP contribution in [-0.4, -0.2) is 21.0 Å². The Kier molecular flexibility index (Phi) is 5.94. The number of hydrogen-bond donors (Lipinski definition) is 2. The number of H-pyrrole nitrogens is 1. The number of hydrogen-bond acceptors (Lipinski definition) is 7. The molecule has 186 valence electrons. The number of aromatic amines is 1. The molecule has 1 aliphatic carbocycles. The Morgan fingerprint density at radius 2 is 1.66 bits per heavy atom. The molecule has 3 aromatic carbocycles. The number of ether oxygens (including phenoxy) is 1. The first-order chi connectivity index (χ1) is 18.6. The van der Waals surface area contributed by atoms with Crippen molar-refractivity contribution in [2.24, 2.45) is 5.73 Å². The van der Waals surface area contributed by atoms with Crippen LogP contribution in [0.2, 0.25) is 0 Å². The third kappa shape index (κ3) is 4.10. The van der Waals surface area contributed by atoms with Crippen LogP contribution in [-0.2, 0) is 4.79 Å². The summed E-state index contributed by atoms with van der Waals surface area (Å²) in [6, 6.07) is 29.2. The predicted octanol–water partition coefficient (Wildman–Crippen LogP) is 5.30. The number of nitriles is 1. The number of Topliss-reactive ketones (excluding diaryl/α,β-unsaturated/α-hetero) is 1. The average molecular weight is 501 g/mol. The number of nitrogens with one attached hydrogen (secondary N) is 1. The van der Waals surface area contributed by atoms with Gasteiger partial charge in [0.15, 0.2) is 5.78 Å². The van der Waals surface area contributed by atoms with Crippen LogP contribution in [0.25, 0.3) is 0 Å². The number of nitrogens with zero attached hydrogens (tertiary/aromatic N) is 4. The third-order valence-electron chi connectivity index (χ3n) is 7.02. The number of ketones is 1. The molecule has 0 radical (unpaired) electrons. The normalized spacial score (nSPS) is 19.2. The fourth-order valence-electron chi connectivity index (χ4n) is 5.35. The van der Waals surface area contributed by atoms with E-state index in [1.54, 1.807) is 4.90 Å². The molecule has 1 aromatic heterocycles. The smallest absolute Gasteiger partial charge is 0.231 e. The van der Waals surface area contributed by atoms with E-state index >= 15 is 0 Å². The minimum atomic E-state index is -0.627. The lowest BCUT2D eigenvalue weighted by Crippen LogP contribution is -2.40. The minimum absolute atomic E-state index is 0.0238. The zero-order chi connectivity index (χ0) is 26.1. The molecule has 0 fully saturated rings. The van der Waals surface area contributed by atoms with Gasteiger partial charge in [0.2, 0.25) is 5.95 Å². The maximum absolute atomic E-state index is 13.9. The maximum atomic E-state index is 13.9. The lowest BCUT2D eigenvalue weighted by molar-refractivity contribution is -0.116. The largest absolute Gasteiger partial charge is 0.457 e. The zero-order valence-electron chi connectivity index (χ0n) is 20.4. The van der Waals surface area contributed by atoms with Gasteiger partial charge in [-0.05, 0) is 47.7 Å². The van der Waals surface area contributed by atoms with E-state index in [1.165, 1.54) is 6.33 Å². The van der Waals surface area contributed by atoms with Gasteiger partial charge in [-0.1, -0.05) is 60.7 Å². The van der Waals surface area contributed by atoms with E-state index in [9.17, 15) is 10.1 Å².